The van der Waals surface area contributed by atoms with E-state index < -0.39 is 0 Å². The summed E-state index contributed by atoms with van der Waals surface area (Å²) < 4.78 is 13.1. The minimum Gasteiger partial charge on any atom is -0.271 e. The fraction of sp³-hybridized carbons (Fsp3) is 0.625. The van der Waals surface area contributed by atoms with Gasteiger partial charge in [0.15, 0.2) is 0 Å². The van der Waals surface area contributed by atoms with Crippen LogP contribution in [-0.2, 0) is 6.42 Å². The summed E-state index contributed by atoms with van der Waals surface area (Å²) in [5.41, 5.74) is 3.91. The third-order valence-electron chi connectivity index (χ3n) is 4.25. The first-order valence-electron chi connectivity index (χ1n) is 7.48. The largest absolute Gasteiger partial charge is 0.271 e. The Morgan fingerprint density at radius 1 is 1.26 bits per heavy atom. The highest BCUT2D eigenvalue weighted by atomic mass is 19.1. The van der Waals surface area contributed by atoms with Gasteiger partial charge in [-0.05, 0) is 42.9 Å². The highest BCUT2D eigenvalue weighted by molar-refractivity contribution is 5.17. The second-order valence-corrected chi connectivity index (χ2v) is 5.78. The molecule has 0 aliphatic heterocycles. The molecule has 0 spiro atoms. The van der Waals surface area contributed by atoms with E-state index in [1.54, 1.807) is 12.1 Å². The Hall–Kier alpha value is -0.930. The number of hydrazine groups is 1. The van der Waals surface area contributed by atoms with E-state index in [1.165, 1.54) is 44.6 Å². The summed E-state index contributed by atoms with van der Waals surface area (Å²) in [6.45, 7) is 0. The molecule has 1 aliphatic carbocycles. The van der Waals surface area contributed by atoms with Gasteiger partial charge < -0.3 is 0 Å². The molecule has 2 rings (SSSR count). The Labute approximate surface area is 115 Å². The lowest BCUT2D eigenvalue weighted by Gasteiger charge is -2.24. The average Bonchev–Trinajstić information content (AvgIpc) is 2.44. The lowest BCUT2D eigenvalue weighted by Crippen LogP contribution is -2.37. The lowest BCUT2D eigenvalue weighted by molar-refractivity contribution is 0.313. The van der Waals surface area contributed by atoms with E-state index in [2.05, 4.69) is 5.43 Å². The Morgan fingerprint density at radius 3 is 2.74 bits per heavy atom. The van der Waals surface area contributed by atoms with Crippen molar-refractivity contribution in [1.82, 2.24) is 5.43 Å². The van der Waals surface area contributed by atoms with Crippen LogP contribution in [-0.4, -0.2) is 6.04 Å². The van der Waals surface area contributed by atoms with Gasteiger partial charge in [0.05, 0.1) is 0 Å². The molecule has 0 radical (unpaired) electrons. The van der Waals surface area contributed by atoms with Crippen molar-refractivity contribution in [3.05, 3.63) is 35.6 Å². The number of halogens is 1. The molecule has 0 saturated heterocycles. The van der Waals surface area contributed by atoms with Crippen LogP contribution in [0.25, 0.3) is 0 Å². The molecule has 0 amide bonds. The van der Waals surface area contributed by atoms with Gasteiger partial charge in [-0.1, -0.05) is 44.2 Å². The predicted molar refractivity (Wildman–Crippen MR) is 77.0 cm³/mol. The minimum absolute atomic E-state index is 0.166. The average molecular weight is 264 g/mol. The zero-order valence-electron chi connectivity index (χ0n) is 11.6. The van der Waals surface area contributed by atoms with Crippen LogP contribution < -0.4 is 11.3 Å². The topological polar surface area (TPSA) is 38.0 Å². The Morgan fingerprint density at radius 2 is 2.05 bits per heavy atom. The fourth-order valence-corrected chi connectivity index (χ4v) is 3.11. The van der Waals surface area contributed by atoms with Crippen molar-refractivity contribution < 1.29 is 4.39 Å². The van der Waals surface area contributed by atoms with Crippen LogP contribution in [0.2, 0.25) is 0 Å². The van der Waals surface area contributed by atoms with E-state index in [-0.39, 0.29) is 11.9 Å². The van der Waals surface area contributed by atoms with Crippen molar-refractivity contribution in [3.63, 3.8) is 0 Å². The van der Waals surface area contributed by atoms with Crippen molar-refractivity contribution in [3.8, 4) is 0 Å². The Balaban J connectivity index is 1.79. The van der Waals surface area contributed by atoms with E-state index in [0.717, 1.165) is 24.3 Å². The standard InChI is InChI=1S/C16H25FN2/c17-15-8-4-7-14(11-15)12-16(19-18)10-9-13-5-2-1-3-6-13/h4,7-8,11,13,16,19H,1-3,5-6,9-10,12,18H2. The summed E-state index contributed by atoms with van der Waals surface area (Å²) in [4.78, 5) is 0. The number of hydrogen-bond acceptors (Lipinski definition) is 2. The zero-order valence-corrected chi connectivity index (χ0v) is 11.6. The summed E-state index contributed by atoms with van der Waals surface area (Å²) in [6, 6.07) is 7.07. The summed E-state index contributed by atoms with van der Waals surface area (Å²) in [6.07, 6.45) is 10.0. The highest BCUT2D eigenvalue weighted by Gasteiger charge is 2.16. The molecule has 3 N–H and O–H groups in total. The summed E-state index contributed by atoms with van der Waals surface area (Å²) in [5, 5.41) is 0. The summed E-state index contributed by atoms with van der Waals surface area (Å²) in [7, 11) is 0. The molecule has 1 aromatic carbocycles. The number of benzene rings is 1. The second-order valence-electron chi connectivity index (χ2n) is 5.78. The molecule has 1 aromatic rings. The molecule has 106 valence electrons. The first-order valence-corrected chi connectivity index (χ1v) is 7.48. The Bertz CT molecular complexity index is 375. The van der Waals surface area contributed by atoms with Crippen LogP contribution in [0, 0.1) is 11.7 Å². The van der Waals surface area contributed by atoms with Gasteiger partial charge in [-0.25, -0.2) is 4.39 Å². The van der Waals surface area contributed by atoms with Crippen molar-refractivity contribution in [1.29, 1.82) is 0 Å². The minimum atomic E-state index is -0.166. The van der Waals surface area contributed by atoms with Gasteiger partial charge in [0.1, 0.15) is 5.82 Å². The number of hydrogen-bond donors (Lipinski definition) is 2. The fourth-order valence-electron chi connectivity index (χ4n) is 3.11. The molecular formula is C16H25FN2. The maximum absolute atomic E-state index is 13.1. The molecule has 1 atom stereocenters. The van der Waals surface area contributed by atoms with Crippen LogP contribution in [0.15, 0.2) is 24.3 Å². The summed E-state index contributed by atoms with van der Waals surface area (Å²) >= 11 is 0. The van der Waals surface area contributed by atoms with Crippen LogP contribution in [0.1, 0.15) is 50.5 Å². The van der Waals surface area contributed by atoms with Crippen LogP contribution >= 0.6 is 0 Å². The molecule has 0 bridgehead atoms. The van der Waals surface area contributed by atoms with Gasteiger partial charge in [0.2, 0.25) is 0 Å². The van der Waals surface area contributed by atoms with Gasteiger partial charge in [-0.15, -0.1) is 0 Å². The lowest BCUT2D eigenvalue weighted by atomic mass is 9.84. The van der Waals surface area contributed by atoms with E-state index in [0.29, 0.717) is 0 Å². The molecule has 0 aromatic heterocycles. The normalized spacial score (nSPS) is 18.4. The van der Waals surface area contributed by atoms with Gasteiger partial charge in [-0.2, -0.15) is 0 Å². The SMILES string of the molecule is NNC(CCC1CCCCC1)Cc1cccc(F)c1. The number of nitrogens with two attached hydrogens (primary N) is 1. The molecular weight excluding hydrogens is 239 g/mol. The monoisotopic (exact) mass is 264 g/mol. The third kappa shape index (κ3) is 4.92. The van der Waals surface area contributed by atoms with Crippen LogP contribution in [0.3, 0.4) is 0 Å². The summed E-state index contributed by atoms with van der Waals surface area (Å²) in [5.74, 6) is 6.34. The van der Waals surface area contributed by atoms with E-state index >= 15 is 0 Å². The maximum atomic E-state index is 13.1. The second kappa shape index (κ2) is 7.61. The van der Waals surface area contributed by atoms with Gasteiger partial charge in [0.25, 0.3) is 0 Å². The van der Waals surface area contributed by atoms with Gasteiger partial charge >= 0.3 is 0 Å². The molecule has 1 saturated carbocycles. The van der Waals surface area contributed by atoms with Crippen LogP contribution in [0.5, 0.6) is 0 Å². The van der Waals surface area contributed by atoms with Crippen molar-refractivity contribution in [2.75, 3.05) is 0 Å². The van der Waals surface area contributed by atoms with Crippen LogP contribution in [0.4, 0.5) is 4.39 Å². The van der Waals surface area contributed by atoms with Crippen molar-refractivity contribution in [2.24, 2.45) is 11.8 Å². The zero-order chi connectivity index (χ0) is 13.5. The predicted octanol–water partition coefficient (Wildman–Crippen LogP) is 3.56. The maximum Gasteiger partial charge on any atom is 0.123 e. The molecule has 1 unspecified atom stereocenters. The van der Waals surface area contributed by atoms with Crippen molar-refractivity contribution in [2.45, 2.75) is 57.4 Å². The molecule has 19 heavy (non-hydrogen) atoms. The Kier molecular flexibility index (Phi) is 5.80. The van der Waals surface area contributed by atoms with Gasteiger partial charge in [0, 0.05) is 6.04 Å². The molecule has 2 nitrogen and oxygen atoms in total. The smallest absolute Gasteiger partial charge is 0.123 e. The van der Waals surface area contributed by atoms with Gasteiger partial charge in [-0.3, -0.25) is 11.3 Å². The quantitative estimate of drug-likeness (QED) is 0.609. The number of nitrogens with one attached hydrogen (secondary N) is 1. The third-order valence-corrected chi connectivity index (χ3v) is 4.25. The molecule has 1 fully saturated rings. The first kappa shape index (κ1) is 14.5. The molecule has 3 heteroatoms. The van der Waals surface area contributed by atoms with Crippen molar-refractivity contribution >= 4 is 0 Å². The number of rotatable bonds is 6. The van der Waals surface area contributed by atoms with E-state index in [9.17, 15) is 4.39 Å². The van der Waals surface area contributed by atoms with E-state index in [1.807, 2.05) is 6.07 Å². The molecule has 1 aliphatic rings. The highest BCUT2D eigenvalue weighted by Crippen LogP contribution is 2.28. The molecule has 0 heterocycles. The first-order chi connectivity index (χ1) is 9.28. The van der Waals surface area contributed by atoms with E-state index in [4.69, 9.17) is 5.84 Å².